The van der Waals surface area contributed by atoms with Crippen molar-refractivity contribution in [3.8, 4) is 11.5 Å². The molecule has 0 aromatic heterocycles. The van der Waals surface area contributed by atoms with Gasteiger partial charge >= 0.3 is 0 Å². The van der Waals surface area contributed by atoms with Crippen molar-refractivity contribution in [2.75, 3.05) is 0 Å². The lowest BCUT2D eigenvalue weighted by Gasteiger charge is -2.58. The molecule has 4 atom stereocenters. The lowest BCUT2D eigenvalue weighted by molar-refractivity contribution is -0.0412. The Morgan fingerprint density at radius 1 is 1.17 bits per heavy atom. The molecule has 2 N–H and O–H groups in total. The fourth-order valence-corrected chi connectivity index (χ4v) is 5.33. The van der Waals surface area contributed by atoms with Crippen LogP contribution in [0.15, 0.2) is 29.8 Å². The average molecular weight is 314 g/mol. The van der Waals surface area contributed by atoms with Gasteiger partial charge in [0.2, 0.25) is 0 Å². The largest absolute Gasteiger partial charge is 0.508 e. The van der Waals surface area contributed by atoms with Gasteiger partial charge in [0, 0.05) is 0 Å². The summed E-state index contributed by atoms with van der Waals surface area (Å²) in [5.41, 5.74) is 2.86. The molecule has 1 aromatic carbocycles. The van der Waals surface area contributed by atoms with Crippen LogP contribution < -0.4 is 0 Å². The van der Waals surface area contributed by atoms with Gasteiger partial charge in [0.1, 0.15) is 11.5 Å². The number of fused-ring (bicyclic) bond motifs is 1. The van der Waals surface area contributed by atoms with Crippen LogP contribution in [-0.2, 0) is 6.42 Å². The third-order valence-corrected chi connectivity index (χ3v) is 7.23. The highest BCUT2D eigenvalue weighted by Crippen LogP contribution is 2.61. The molecule has 2 aliphatic rings. The lowest BCUT2D eigenvalue weighted by Crippen LogP contribution is -2.50. The number of hydrogen-bond acceptors (Lipinski definition) is 2. The van der Waals surface area contributed by atoms with Gasteiger partial charge in [-0.1, -0.05) is 32.4 Å². The number of phenols is 2. The van der Waals surface area contributed by atoms with Crippen LogP contribution in [0, 0.1) is 22.7 Å². The van der Waals surface area contributed by atoms with E-state index in [2.05, 4.69) is 33.8 Å². The van der Waals surface area contributed by atoms with E-state index in [1.165, 1.54) is 25.7 Å². The molecule has 2 aliphatic carbocycles. The maximum Gasteiger partial charge on any atom is 0.119 e. The highest BCUT2D eigenvalue weighted by atomic mass is 16.3. The molecule has 126 valence electrons. The predicted octanol–water partition coefficient (Wildman–Crippen LogP) is 5.44. The van der Waals surface area contributed by atoms with Crippen molar-refractivity contribution < 1.29 is 10.2 Å². The Hall–Kier alpha value is -1.44. The summed E-state index contributed by atoms with van der Waals surface area (Å²) in [5.74, 6) is 1.80. The molecule has 0 heterocycles. The number of allylic oxidation sites excluding steroid dienone is 2. The minimum Gasteiger partial charge on any atom is -0.508 e. The van der Waals surface area contributed by atoms with E-state index in [0.717, 1.165) is 12.0 Å². The zero-order valence-corrected chi connectivity index (χ0v) is 14.9. The summed E-state index contributed by atoms with van der Waals surface area (Å²) in [5, 5.41) is 20.1. The molecule has 0 radical (unpaired) electrons. The molecule has 0 bridgehead atoms. The number of hydrogen-bond donors (Lipinski definition) is 2. The molecular weight excluding hydrogens is 284 g/mol. The Bertz CT molecular complexity index is 633. The van der Waals surface area contributed by atoms with Crippen molar-refractivity contribution in [1.82, 2.24) is 0 Å². The molecule has 2 heteroatoms. The highest BCUT2D eigenvalue weighted by Gasteiger charge is 2.53. The van der Waals surface area contributed by atoms with Crippen LogP contribution >= 0.6 is 0 Å². The first-order chi connectivity index (χ1) is 10.8. The van der Waals surface area contributed by atoms with Crippen molar-refractivity contribution >= 4 is 0 Å². The smallest absolute Gasteiger partial charge is 0.119 e. The molecular formula is C21H30O2. The number of benzene rings is 1. The van der Waals surface area contributed by atoms with Gasteiger partial charge in [0.15, 0.2) is 0 Å². The second-order valence-electron chi connectivity index (χ2n) is 8.37. The predicted molar refractivity (Wildman–Crippen MR) is 94.6 cm³/mol. The number of aromatic hydroxyl groups is 2. The molecule has 0 unspecified atom stereocenters. The zero-order valence-electron chi connectivity index (χ0n) is 14.9. The lowest BCUT2D eigenvalue weighted by atomic mass is 9.47. The molecule has 0 saturated heterocycles. The summed E-state index contributed by atoms with van der Waals surface area (Å²) in [6, 6.07) is 4.92. The second kappa shape index (κ2) is 5.58. The van der Waals surface area contributed by atoms with Gasteiger partial charge in [-0.25, -0.2) is 0 Å². The maximum atomic E-state index is 10.3. The Labute approximate surface area is 140 Å². The van der Waals surface area contributed by atoms with Gasteiger partial charge in [0.25, 0.3) is 0 Å². The molecule has 1 fully saturated rings. The van der Waals surface area contributed by atoms with E-state index in [9.17, 15) is 10.2 Å². The Morgan fingerprint density at radius 3 is 2.65 bits per heavy atom. The van der Waals surface area contributed by atoms with Crippen LogP contribution in [0.1, 0.15) is 58.9 Å². The van der Waals surface area contributed by atoms with Crippen molar-refractivity contribution in [2.24, 2.45) is 22.7 Å². The van der Waals surface area contributed by atoms with Crippen molar-refractivity contribution in [2.45, 2.75) is 59.8 Å². The fourth-order valence-electron chi connectivity index (χ4n) is 5.33. The van der Waals surface area contributed by atoms with E-state index in [1.807, 2.05) is 0 Å². The van der Waals surface area contributed by atoms with Gasteiger partial charge in [0.05, 0.1) is 0 Å². The Kier molecular flexibility index (Phi) is 3.98. The topological polar surface area (TPSA) is 40.5 Å². The molecule has 2 nitrogen and oxygen atoms in total. The SMILES string of the molecule is CC1=CCC[C@@H]2[C@@](C)(Cc3cc(O)ccc3O)[C@H](C)CC[C@]12C. The fraction of sp³-hybridized carbons (Fsp3) is 0.619. The standard InChI is InChI=1S/C21H30O2/c1-14-6-5-7-19-20(14,3)11-10-15(2)21(19,4)13-16-12-17(22)8-9-18(16)23/h6,8-9,12,15,19,22-23H,5,7,10-11,13H2,1-4H3/t15-,19+,20-,21+/m1/s1. The third kappa shape index (κ3) is 2.56. The molecule has 23 heavy (non-hydrogen) atoms. The minimum atomic E-state index is 0.147. The monoisotopic (exact) mass is 314 g/mol. The molecule has 3 rings (SSSR count). The zero-order chi connectivity index (χ0) is 16.8. The summed E-state index contributed by atoms with van der Waals surface area (Å²) >= 11 is 0. The van der Waals surface area contributed by atoms with Crippen LogP contribution in [-0.4, -0.2) is 10.2 Å². The van der Waals surface area contributed by atoms with Crippen LogP contribution in [0.2, 0.25) is 0 Å². The van der Waals surface area contributed by atoms with E-state index in [1.54, 1.807) is 23.8 Å². The van der Waals surface area contributed by atoms with Gasteiger partial charge < -0.3 is 10.2 Å². The summed E-state index contributed by atoms with van der Waals surface area (Å²) in [6.45, 7) is 9.51. The Balaban J connectivity index is 2.00. The van der Waals surface area contributed by atoms with Gasteiger partial charge in [-0.15, -0.1) is 0 Å². The molecule has 1 aromatic rings. The molecule has 0 spiro atoms. The number of phenolic OH excluding ortho intramolecular Hbond substituents is 2. The summed E-state index contributed by atoms with van der Waals surface area (Å²) in [4.78, 5) is 0. The van der Waals surface area contributed by atoms with Gasteiger partial charge in [-0.05, 0) is 85.5 Å². The first-order valence-corrected chi connectivity index (χ1v) is 8.95. The van der Waals surface area contributed by atoms with Crippen LogP contribution in [0.3, 0.4) is 0 Å². The van der Waals surface area contributed by atoms with E-state index in [0.29, 0.717) is 17.6 Å². The van der Waals surface area contributed by atoms with E-state index >= 15 is 0 Å². The minimum absolute atomic E-state index is 0.147. The maximum absolute atomic E-state index is 10.3. The van der Waals surface area contributed by atoms with Crippen molar-refractivity contribution in [3.63, 3.8) is 0 Å². The summed E-state index contributed by atoms with van der Waals surface area (Å²) in [7, 11) is 0. The first kappa shape index (κ1) is 16.4. The van der Waals surface area contributed by atoms with Crippen LogP contribution in [0.5, 0.6) is 11.5 Å². The van der Waals surface area contributed by atoms with Crippen molar-refractivity contribution in [1.29, 1.82) is 0 Å². The van der Waals surface area contributed by atoms with E-state index in [4.69, 9.17) is 0 Å². The van der Waals surface area contributed by atoms with Crippen LogP contribution in [0.4, 0.5) is 0 Å². The van der Waals surface area contributed by atoms with E-state index < -0.39 is 0 Å². The van der Waals surface area contributed by atoms with Crippen LogP contribution in [0.25, 0.3) is 0 Å². The molecule has 0 aliphatic heterocycles. The average Bonchev–Trinajstić information content (AvgIpc) is 2.50. The van der Waals surface area contributed by atoms with E-state index in [-0.39, 0.29) is 16.6 Å². The molecule has 1 saturated carbocycles. The quantitative estimate of drug-likeness (QED) is 0.564. The number of rotatable bonds is 2. The Morgan fingerprint density at radius 2 is 1.91 bits per heavy atom. The summed E-state index contributed by atoms with van der Waals surface area (Å²) < 4.78 is 0. The van der Waals surface area contributed by atoms with Gasteiger partial charge in [-0.3, -0.25) is 0 Å². The highest BCUT2D eigenvalue weighted by molar-refractivity contribution is 5.39. The second-order valence-corrected chi connectivity index (χ2v) is 8.37. The van der Waals surface area contributed by atoms with Crippen molar-refractivity contribution in [3.05, 3.63) is 35.4 Å². The summed E-state index contributed by atoms with van der Waals surface area (Å²) in [6.07, 6.45) is 8.16. The molecule has 0 amide bonds. The first-order valence-electron chi connectivity index (χ1n) is 8.95. The normalized spacial score (nSPS) is 37.1. The van der Waals surface area contributed by atoms with Gasteiger partial charge in [-0.2, -0.15) is 0 Å². The third-order valence-electron chi connectivity index (χ3n) is 7.23.